The van der Waals surface area contributed by atoms with Crippen LogP contribution in [-0.4, -0.2) is 23.2 Å². The molecule has 0 atom stereocenters. The van der Waals surface area contributed by atoms with Crippen LogP contribution >= 0.6 is 0 Å². The van der Waals surface area contributed by atoms with Gasteiger partial charge in [-0.05, 0) is 27.7 Å². The van der Waals surface area contributed by atoms with E-state index >= 15 is 0 Å². The van der Waals surface area contributed by atoms with Gasteiger partial charge in [0, 0.05) is 0 Å². The highest BCUT2D eigenvalue weighted by Gasteiger charge is 2.34. The van der Waals surface area contributed by atoms with Crippen molar-refractivity contribution < 1.29 is 16.9 Å². The van der Waals surface area contributed by atoms with Crippen molar-refractivity contribution in [2.45, 2.75) is 39.8 Å². The molecule has 72 valence electrons. The summed E-state index contributed by atoms with van der Waals surface area (Å²) in [6.45, 7) is 10.2. The lowest BCUT2D eigenvalue weighted by Gasteiger charge is -2.39. The van der Waals surface area contributed by atoms with Gasteiger partial charge in [-0.1, -0.05) is 0 Å². The van der Waals surface area contributed by atoms with E-state index < -0.39 is 0 Å². The molecule has 0 fully saturated rings. The number of halogens is 1. The maximum absolute atomic E-state index is 3.27. The molecule has 0 aromatic rings. The predicted octanol–water partition coefficient (Wildman–Crippen LogP) is -1.34. The molecule has 1 rings (SSSR count). The molecule has 12 heavy (non-hydrogen) atoms. The van der Waals surface area contributed by atoms with Gasteiger partial charge in [-0.3, -0.25) is 4.48 Å². The van der Waals surface area contributed by atoms with Gasteiger partial charge < -0.3 is 17.7 Å². The first-order valence-corrected chi connectivity index (χ1v) is 4.38. The fourth-order valence-corrected chi connectivity index (χ4v) is 1.76. The Morgan fingerprint density at radius 2 is 1.67 bits per heavy atom. The van der Waals surface area contributed by atoms with Crippen LogP contribution in [-0.2, 0) is 0 Å². The molecule has 0 unspecified atom stereocenters. The van der Waals surface area contributed by atoms with Crippen LogP contribution < -0.4 is 17.7 Å². The van der Waals surface area contributed by atoms with Gasteiger partial charge in [0.05, 0.1) is 18.3 Å². The minimum absolute atomic E-state index is 0. The summed E-state index contributed by atoms with van der Waals surface area (Å²) in [5.74, 6) is 0. The van der Waals surface area contributed by atoms with Crippen molar-refractivity contribution in [1.82, 2.24) is 5.32 Å². The van der Waals surface area contributed by atoms with Gasteiger partial charge >= 0.3 is 0 Å². The van der Waals surface area contributed by atoms with E-state index in [1.165, 1.54) is 0 Å². The van der Waals surface area contributed by atoms with Crippen LogP contribution in [0.5, 0.6) is 0 Å². The SMILES string of the molecule is CC(C)[N+]1(C(C)C)C=CNC1.[Cl-]. The van der Waals surface area contributed by atoms with Crippen LogP contribution in [0.3, 0.4) is 0 Å². The topological polar surface area (TPSA) is 12.0 Å². The molecule has 0 spiro atoms. The molecule has 1 heterocycles. The normalized spacial score (nSPS) is 19.5. The van der Waals surface area contributed by atoms with Gasteiger partial charge in [0.15, 0.2) is 6.67 Å². The van der Waals surface area contributed by atoms with Crippen LogP contribution in [0.4, 0.5) is 0 Å². The van der Waals surface area contributed by atoms with Gasteiger partial charge in [-0.15, -0.1) is 0 Å². The van der Waals surface area contributed by atoms with E-state index in [0.29, 0.717) is 12.1 Å². The first-order valence-electron chi connectivity index (χ1n) is 4.38. The third kappa shape index (κ3) is 1.75. The van der Waals surface area contributed by atoms with Crippen LogP contribution in [0, 0.1) is 0 Å². The fraction of sp³-hybridized carbons (Fsp3) is 0.778. The summed E-state index contributed by atoms with van der Waals surface area (Å²) in [5.41, 5.74) is 0. The highest BCUT2D eigenvalue weighted by molar-refractivity contribution is 4.80. The zero-order valence-corrected chi connectivity index (χ0v) is 9.10. The van der Waals surface area contributed by atoms with Crippen LogP contribution in [0.25, 0.3) is 0 Å². The number of hydrogen-bond acceptors (Lipinski definition) is 1. The third-order valence-electron chi connectivity index (χ3n) is 2.76. The molecule has 0 saturated heterocycles. The van der Waals surface area contributed by atoms with Crippen molar-refractivity contribution in [3.63, 3.8) is 0 Å². The summed E-state index contributed by atoms with van der Waals surface area (Å²) in [6, 6.07) is 1.34. The molecule has 0 amide bonds. The Balaban J connectivity index is 0.00000121. The Bertz CT molecular complexity index is 156. The Kier molecular flexibility index (Phi) is 4.08. The minimum atomic E-state index is 0. The summed E-state index contributed by atoms with van der Waals surface area (Å²) in [5, 5.41) is 3.27. The van der Waals surface area contributed by atoms with E-state index in [9.17, 15) is 0 Å². The standard InChI is InChI=1S/C9H19N2.ClH/c1-8(2)11(9(3)4)6-5-10-7-11;/h5-6,8-10H,7H2,1-4H3;1H/q+1;/p-1. The lowest BCUT2D eigenvalue weighted by atomic mass is 10.2. The van der Waals surface area contributed by atoms with Gasteiger partial charge in [0.25, 0.3) is 0 Å². The lowest BCUT2D eigenvalue weighted by molar-refractivity contribution is -0.917. The Morgan fingerprint density at radius 3 is 1.83 bits per heavy atom. The fourth-order valence-electron chi connectivity index (χ4n) is 1.76. The number of rotatable bonds is 2. The largest absolute Gasteiger partial charge is 1.00 e. The molecular weight excluding hydrogens is 172 g/mol. The molecule has 2 nitrogen and oxygen atoms in total. The van der Waals surface area contributed by atoms with Crippen molar-refractivity contribution in [3.8, 4) is 0 Å². The average Bonchev–Trinajstić information content (AvgIpc) is 2.34. The molecule has 3 heteroatoms. The van der Waals surface area contributed by atoms with E-state index in [2.05, 4.69) is 45.4 Å². The molecule has 1 N–H and O–H groups in total. The van der Waals surface area contributed by atoms with Gasteiger partial charge in [0.1, 0.15) is 6.20 Å². The van der Waals surface area contributed by atoms with E-state index in [-0.39, 0.29) is 12.4 Å². The maximum Gasteiger partial charge on any atom is 0.156 e. The van der Waals surface area contributed by atoms with Crippen molar-refractivity contribution >= 4 is 0 Å². The first-order chi connectivity index (χ1) is 5.09. The Hall–Kier alpha value is -0.210. The van der Waals surface area contributed by atoms with Crippen molar-refractivity contribution in [2.24, 2.45) is 0 Å². The molecule has 0 bridgehead atoms. The molecule has 1 aliphatic rings. The summed E-state index contributed by atoms with van der Waals surface area (Å²) >= 11 is 0. The van der Waals surface area contributed by atoms with Gasteiger partial charge in [-0.25, -0.2) is 0 Å². The van der Waals surface area contributed by atoms with Crippen molar-refractivity contribution in [3.05, 3.63) is 12.4 Å². The highest BCUT2D eigenvalue weighted by Crippen LogP contribution is 2.21. The third-order valence-corrected chi connectivity index (χ3v) is 2.76. The number of nitrogens with zero attached hydrogens (tertiary/aromatic N) is 1. The number of hydrogen-bond donors (Lipinski definition) is 1. The van der Waals surface area contributed by atoms with E-state index in [4.69, 9.17) is 0 Å². The average molecular weight is 191 g/mol. The van der Waals surface area contributed by atoms with Crippen LogP contribution in [0.15, 0.2) is 12.4 Å². The smallest absolute Gasteiger partial charge is 0.156 e. The monoisotopic (exact) mass is 190 g/mol. The number of nitrogens with one attached hydrogen (secondary N) is 1. The molecule has 0 aromatic carbocycles. The molecule has 0 aromatic heterocycles. The predicted molar refractivity (Wildman–Crippen MR) is 47.7 cm³/mol. The van der Waals surface area contributed by atoms with Crippen molar-refractivity contribution in [2.75, 3.05) is 6.67 Å². The van der Waals surface area contributed by atoms with Gasteiger partial charge in [-0.2, -0.15) is 0 Å². The second-order valence-corrected chi connectivity index (χ2v) is 3.86. The summed E-state index contributed by atoms with van der Waals surface area (Å²) < 4.78 is 1.07. The Morgan fingerprint density at radius 1 is 1.17 bits per heavy atom. The molecule has 0 radical (unpaired) electrons. The first kappa shape index (κ1) is 11.8. The second-order valence-electron chi connectivity index (χ2n) is 3.86. The number of quaternary nitrogens is 1. The second kappa shape index (κ2) is 4.15. The lowest BCUT2D eigenvalue weighted by Crippen LogP contribution is -3.00. The molecular formula is C9H19ClN2. The minimum Gasteiger partial charge on any atom is -1.00 e. The maximum atomic E-state index is 3.27. The van der Waals surface area contributed by atoms with Crippen LogP contribution in [0.1, 0.15) is 27.7 Å². The van der Waals surface area contributed by atoms with E-state index in [1.54, 1.807) is 0 Å². The zero-order chi connectivity index (χ0) is 8.48. The molecule has 0 aliphatic carbocycles. The quantitative estimate of drug-likeness (QED) is 0.532. The van der Waals surface area contributed by atoms with Crippen molar-refractivity contribution in [1.29, 1.82) is 0 Å². The van der Waals surface area contributed by atoms with E-state index in [0.717, 1.165) is 11.2 Å². The molecule has 0 saturated carbocycles. The summed E-state index contributed by atoms with van der Waals surface area (Å²) in [7, 11) is 0. The van der Waals surface area contributed by atoms with E-state index in [1.807, 2.05) is 0 Å². The van der Waals surface area contributed by atoms with Gasteiger partial charge in [0.2, 0.25) is 0 Å². The summed E-state index contributed by atoms with van der Waals surface area (Å²) in [4.78, 5) is 0. The molecule has 1 aliphatic heterocycles. The van der Waals surface area contributed by atoms with Crippen LogP contribution in [0.2, 0.25) is 0 Å². The zero-order valence-electron chi connectivity index (χ0n) is 8.34. The Labute approximate surface area is 81.6 Å². The highest BCUT2D eigenvalue weighted by atomic mass is 35.5. The summed E-state index contributed by atoms with van der Waals surface area (Å²) in [6.07, 6.45) is 4.34.